The van der Waals surface area contributed by atoms with E-state index in [0.717, 1.165) is 36.6 Å². The van der Waals surface area contributed by atoms with Crippen LogP contribution >= 0.6 is 11.3 Å². The Kier molecular flexibility index (Phi) is 6.93. The fraction of sp³-hybridized carbons (Fsp3) is 0.273. The highest BCUT2D eigenvalue weighted by Crippen LogP contribution is 2.28. The first-order chi connectivity index (χ1) is 15.6. The van der Waals surface area contributed by atoms with Crippen molar-refractivity contribution in [3.05, 3.63) is 70.6 Å². The summed E-state index contributed by atoms with van der Waals surface area (Å²) in [6, 6.07) is 13.4. The standard InChI is InChI=1S/C22H23N5O4S/c28-19(11-24-21(30)17-7-4-10-31-17)23-12-20(29)26-22-25-16-8-9-27(14-18(16)32-22)13-15-5-2-1-3-6-15/h1-7,10H,8-9,11-14H2,(H,23,28)(H,24,30)(H,25,26,29). The molecule has 0 unspecified atom stereocenters. The van der Waals surface area contributed by atoms with Gasteiger partial charge in [0.1, 0.15) is 0 Å². The zero-order valence-corrected chi connectivity index (χ0v) is 18.1. The van der Waals surface area contributed by atoms with Crippen LogP contribution < -0.4 is 16.0 Å². The van der Waals surface area contributed by atoms with Crippen molar-refractivity contribution in [1.29, 1.82) is 0 Å². The largest absolute Gasteiger partial charge is 0.459 e. The molecule has 0 bridgehead atoms. The maximum Gasteiger partial charge on any atom is 0.287 e. The molecule has 166 valence electrons. The number of nitrogens with zero attached hydrogens (tertiary/aromatic N) is 2. The second kappa shape index (κ2) is 10.2. The fourth-order valence-corrected chi connectivity index (χ4v) is 4.41. The van der Waals surface area contributed by atoms with Crippen LogP contribution in [0.15, 0.2) is 53.1 Å². The number of amides is 3. The van der Waals surface area contributed by atoms with E-state index in [2.05, 4.69) is 38.0 Å². The molecular weight excluding hydrogens is 430 g/mol. The highest BCUT2D eigenvalue weighted by Gasteiger charge is 2.21. The van der Waals surface area contributed by atoms with Crippen LogP contribution in [0.25, 0.3) is 0 Å². The Labute approximate surface area is 188 Å². The zero-order chi connectivity index (χ0) is 22.3. The summed E-state index contributed by atoms with van der Waals surface area (Å²) in [4.78, 5) is 43.8. The van der Waals surface area contributed by atoms with Gasteiger partial charge in [-0.1, -0.05) is 30.3 Å². The lowest BCUT2D eigenvalue weighted by Gasteiger charge is -2.25. The molecule has 32 heavy (non-hydrogen) atoms. The van der Waals surface area contributed by atoms with Gasteiger partial charge in [0, 0.05) is 30.9 Å². The molecule has 2 aromatic heterocycles. The summed E-state index contributed by atoms with van der Waals surface area (Å²) in [6.07, 6.45) is 2.21. The first-order valence-corrected chi connectivity index (χ1v) is 11.0. The average Bonchev–Trinajstić information content (AvgIpc) is 3.46. The Bertz CT molecular complexity index is 1080. The number of carbonyl (C=O) groups excluding carboxylic acids is 3. The number of benzene rings is 1. The quantitative estimate of drug-likeness (QED) is 0.479. The van der Waals surface area contributed by atoms with Crippen LogP contribution in [0.2, 0.25) is 0 Å². The van der Waals surface area contributed by atoms with Crippen molar-refractivity contribution in [3.8, 4) is 0 Å². The molecule has 0 atom stereocenters. The van der Waals surface area contributed by atoms with Gasteiger partial charge in [-0.15, -0.1) is 11.3 Å². The Morgan fingerprint density at radius 3 is 2.62 bits per heavy atom. The second-order valence-electron chi connectivity index (χ2n) is 7.32. The molecule has 1 aromatic carbocycles. The second-order valence-corrected chi connectivity index (χ2v) is 8.40. The maximum absolute atomic E-state index is 12.2. The number of furan rings is 1. The van der Waals surface area contributed by atoms with Gasteiger partial charge in [-0.05, 0) is 17.7 Å². The van der Waals surface area contributed by atoms with E-state index >= 15 is 0 Å². The molecule has 0 spiro atoms. The molecule has 0 saturated carbocycles. The minimum Gasteiger partial charge on any atom is -0.459 e. The summed E-state index contributed by atoms with van der Waals surface area (Å²) in [5, 5.41) is 8.16. The summed E-state index contributed by atoms with van der Waals surface area (Å²) in [7, 11) is 0. The third-order valence-corrected chi connectivity index (χ3v) is 5.90. The number of rotatable bonds is 8. The van der Waals surface area contributed by atoms with Crippen molar-refractivity contribution in [2.75, 3.05) is 25.0 Å². The first kappa shape index (κ1) is 21.7. The molecule has 0 radical (unpaired) electrons. The number of thiazole rings is 1. The van der Waals surface area contributed by atoms with Crippen molar-refractivity contribution in [1.82, 2.24) is 20.5 Å². The minimum absolute atomic E-state index is 0.116. The van der Waals surface area contributed by atoms with Crippen molar-refractivity contribution in [2.45, 2.75) is 19.5 Å². The smallest absolute Gasteiger partial charge is 0.287 e. The molecule has 3 aromatic rings. The predicted molar refractivity (Wildman–Crippen MR) is 119 cm³/mol. The van der Waals surface area contributed by atoms with Crippen LogP contribution in [0.4, 0.5) is 5.13 Å². The molecule has 3 heterocycles. The zero-order valence-electron chi connectivity index (χ0n) is 17.3. The van der Waals surface area contributed by atoms with E-state index in [1.54, 1.807) is 6.07 Å². The van der Waals surface area contributed by atoms with Gasteiger partial charge in [0.25, 0.3) is 5.91 Å². The van der Waals surface area contributed by atoms with Crippen LogP contribution in [-0.2, 0) is 29.1 Å². The molecule has 1 aliphatic heterocycles. The fourth-order valence-electron chi connectivity index (χ4n) is 3.34. The van der Waals surface area contributed by atoms with E-state index in [-0.39, 0.29) is 24.8 Å². The molecule has 9 nitrogen and oxygen atoms in total. The lowest BCUT2D eigenvalue weighted by Crippen LogP contribution is -2.40. The Hall–Kier alpha value is -3.50. The van der Waals surface area contributed by atoms with Crippen molar-refractivity contribution in [2.24, 2.45) is 0 Å². The highest BCUT2D eigenvalue weighted by atomic mass is 32.1. The summed E-state index contributed by atoms with van der Waals surface area (Å²) >= 11 is 1.46. The van der Waals surface area contributed by atoms with Crippen LogP contribution in [0.5, 0.6) is 0 Å². The van der Waals surface area contributed by atoms with Gasteiger partial charge in [-0.2, -0.15) is 0 Å². The summed E-state index contributed by atoms with van der Waals surface area (Å²) in [5.74, 6) is -1.23. The molecule has 0 fully saturated rings. The number of hydrogen-bond acceptors (Lipinski definition) is 7. The molecule has 1 aliphatic rings. The summed E-state index contributed by atoms with van der Waals surface area (Å²) < 4.78 is 4.95. The molecule has 0 saturated heterocycles. The topological polar surface area (TPSA) is 117 Å². The van der Waals surface area contributed by atoms with Crippen LogP contribution in [-0.4, -0.2) is 47.2 Å². The average molecular weight is 454 g/mol. The van der Waals surface area contributed by atoms with Crippen molar-refractivity contribution in [3.63, 3.8) is 0 Å². The Balaban J connectivity index is 1.21. The third-order valence-electron chi connectivity index (χ3n) is 4.91. The number of anilines is 1. The molecular formula is C22H23N5O4S. The van der Waals surface area contributed by atoms with Crippen LogP contribution in [0.1, 0.15) is 26.7 Å². The van der Waals surface area contributed by atoms with Crippen molar-refractivity contribution >= 4 is 34.2 Å². The van der Waals surface area contributed by atoms with E-state index in [4.69, 9.17) is 4.42 Å². The number of aromatic nitrogens is 1. The van der Waals surface area contributed by atoms with Gasteiger partial charge in [0.2, 0.25) is 11.8 Å². The van der Waals surface area contributed by atoms with E-state index in [0.29, 0.717) is 5.13 Å². The lowest BCUT2D eigenvalue weighted by atomic mass is 10.1. The number of carbonyl (C=O) groups is 3. The van der Waals surface area contributed by atoms with Gasteiger partial charge in [-0.3, -0.25) is 19.3 Å². The first-order valence-electron chi connectivity index (χ1n) is 10.2. The number of hydrogen-bond donors (Lipinski definition) is 3. The van der Waals surface area contributed by atoms with Gasteiger partial charge in [0.15, 0.2) is 10.9 Å². The van der Waals surface area contributed by atoms with Gasteiger partial charge < -0.3 is 20.4 Å². The Morgan fingerprint density at radius 1 is 1.03 bits per heavy atom. The summed E-state index contributed by atoms with van der Waals surface area (Å²) in [6.45, 7) is 2.13. The molecule has 10 heteroatoms. The van der Waals surface area contributed by atoms with Gasteiger partial charge >= 0.3 is 0 Å². The number of nitrogens with one attached hydrogen (secondary N) is 3. The normalized spacial score (nSPS) is 13.2. The highest BCUT2D eigenvalue weighted by molar-refractivity contribution is 7.15. The minimum atomic E-state index is -0.496. The van der Waals surface area contributed by atoms with Crippen LogP contribution in [0, 0.1) is 0 Å². The number of fused-ring (bicyclic) bond motifs is 1. The molecule has 3 amide bonds. The third kappa shape index (κ3) is 5.80. The van der Waals surface area contributed by atoms with Gasteiger partial charge in [-0.25, -0.2) is 4.98 Å². The summed E-state index contributed by atoms with van der Waals surface area (Å²) in [5.41, 5.74) is 2.28. The molecule has 4 rings (SSSR count). The van der Waals surface area contributed by atoms with Crippen LogP contribution in [0.3, 0.4) is 0 Å². The van der Waals surface area contributed by atoms with Crippen molar-refractivity contribution < 1.29 is 18.8 Å². The van der Waals surface area contributed by atoms with E-state index in [1.165, 1.54) is 29.2 Å². The Morgan fingerprint density at radius 2 is 1.84 bits per heavy atom. The van der Waals surface area contributed by atoms with E-state index < -0.39 is 11.8 Å². The molecule has 0 aliphatic carbocycles. The van der Waals surface area contributed by atoms with E-state index in [9.17, 15) is 14.4 Å². The SMILES string of the molecule is O=C(CNC(=O)c1ccco1)NCC(=O)Nc1nc2c(s1)CN(Cc1ccccc1)CC2. The lowest BCUT2D eigenvalue weighted by molar-refractivity contribution is -0.123. The van der Waals surface area contributed by atoms with E-state index in [1.807, 2.05) is 18.2 Å². The maximum atomic E-state index is 12.2. The molecule has 3 N–H and O–H groups in total. The predicted octanol–water partition coefficient (Wildman–Crippen LogP) is 1.78. The monoisotopic (exact) mass is 453 g/mol. The van der Waals surface area contributed by atoms with Gasteiger partial charge in [0.05, 0.1) is 25.0 Å².